The number of anilines is 2. The molecule has 6 rings (SSSR count). The average molecular weight is 495 g/mol. The van der Waals surface area contributed by atoms with Crippen LogP contribution in [0.3, 0.4) is 0 Å². The van der Waals surface area contributed by atoms with Crippen molar-refractivity contribution in [2.24, 2.45) is 5.92 Å². The Hall–Kier alpha value is -3.77. The number of H-pyrrole nitrogens is 1. The van der Waals surface area contributed by atoms with Crippen LogP contribution in [0.1, 0.15) is 23.5 Å². The molecule has 4 aromatic rings. The summed E-state index contributed by atoms with van der Waals surface area (Å²) in [5.41, 5.74) is 5.82. The van der Waals surface area contributed by atoms with E-state index in [-0.39, 0.29) is 11.8 Å². The highest BCUT2D eigenvalue weighted by molar-refractivity contribution is 5.97. The monoisotopic (exact) mass is 494 g/mol. The van der Waals surface area contributed by atoms with Crippen LogP contribution in [-0.2, 0) is 11.2 Å². The van der Waals surface area contributed by atoms with Gasteiger partial charge in [-0.3, -0.25) is 9.69 Å². The molecule has 37 heavy (non-hydrogen) atoms. The molecule has 2 N–H and O–H groups in total. The Bertz CT molecular complexity index is 1360. The number of aromatic amines is 1. The van der Waals surface area contributed by atoms with Gasteiger partial charge in [0.25, 0.3) is 0 Å². The van der Waals surface area contributed by atoms with Gasteiger partial charge < -0.3 is 19.9 Å². The molecule has 3 aromatic carbocycles. The number of amides is 1. The molecule has 1 aromatic heterocycles. The first kappa shape index (κ1) is 23.6. The minimum atomic E-state index is 0.0698. The molecule has 1 saturated heterocycles. The standard InChI is InChI=1S/C31H34N4O2/c1-37-26-10-8-25(9-11-26)35-17-15-34(16-18-35)14-13-23-21-32-30-12-7-24(19-28(23)30)33-31(36)29-20-27(29)22-5-3-2-4-6-22/h2-12,19,21,27,29,32H,13-18,20H2,1H3,(H,33,36)/t27-,29?/m0/s1. The van der Waals surface area contributed by atoms with E-state index < -0.39 is 0 Å². The first-order valence-corrected chi connectivity index (χ1v) is 13.2. The Kier molecular flexibility index (Phi) is 6.58. The Balaban J connectivity index is 1.03. The number of rotatable bonds is 8. The molecule has 1 unspecified atom stereocenters. The summed E-state index contributed by atoms with van der Waals surface area (Å²) in [6, 6.07) is 24.9. The maximum atomic E-state index is 12.9. The van der Waals surface area contributed by atoms with E-state index >= 15 is 0 Å². The van der Waals surface area contributed by atoms with Crippen LogP contribution in [0.5, 0.6) is 5.75 Å². The van der Waals surface area contributed by atoms with Crippen LogP contribution < -0.4 is 15.0 Å². The number of aromatic nitrogens is 1. The van der Waals surface area contributed by atoms with E-state index in [1.807, 2.05) is 36.4 Å². The highest BCUT2D eigenvalue weighted by atomic mass is 16.5. The molecular formula is C31H34N4O2. The van der Waals surface area contributed by atoms with E-state index in [2.05, 4.69) is 62.7 Å². The van der Waals surface area contributed by atoms with Crippen LogP contribution in [0.2, 0.25) is 0 Å². The lowest BCUT2D eigenvalue weighted by Crippen LogP contribution is -2.46. The molecular weight excluding hydrogens is 460 g/mol. The average Bonchev–Trinajstić information content (AvgIpc) is 3.67. The third kappa shape index (κ3) is 5.20. The van der Waals surface area contributed by atoms with Crippen molar-refractivity contribution < 1.29 is 9.53 Å². The van der Waals surface area contributed by atoms with Crippen molar-refractivity contribution >= 4 is 28.2 Å². The number of ether oxygens (including phenoxy) is 1. The van der Waals surface area contributed by atoms with E-state index in [1.165, 1.54) is 22.2 Å². The maximum Gasteiger partial charge on any atom is 0.228 e. The SMILES string of the molecule is COc1ccc(N2CCN(CCc3c[nH]c4ccc(NC(=O)C5C[C@H]5c5ccccc5)cc34)CC2)cc1. The Morgan fingerprint density at radius 1 is 1.00 bits per heavy atom. The number of benzene rings is 3. The van der Waals surface area contributed by atoms with Crippen molar-refractivity contribution in [2.75, 3.05) is 50.1 Å². The van der Waals surface area contributed by atoms with E-state index in [1.54, 1.807) is 7.11 Å². The van der Waals surface area contributed by atoms with E-state index in [0.29, 0.717) is 5.92 Å². The number of methoxy groups -OCH3 is 1. The summed E-state index contributed by atoms with van der Waals surface area (Å²) in [5, 5.41) is 4.37. The number of piperazine rings is 1. The van der Waals surface area contributed by atoms with Gasteiger partial charge in [0.1, 0.15) is 5.75 Å². The van der Waals surface area contributed by atoms with Gasteiger partial charge >= 0.3 is 0 Å². The molecule has 6 nitrogen and oxygen atoms in total. The van der Waals surface area contributed by atoms with Crippen molar-refractivity contribution in [1.29, 1.82) is 0 Å². The molecule has 1 saturated carbocycles. The lowest BCUT2D eigenvalue weighted by Gasteiger charge is -2.36. The Morgan fingerprint density at radius 3 is 2.54 bits per heavy atom. The number of nitrogens with zero attached hydrogens (tertiary/aromatic N) is 2. The number of carbonyl (C=O) groups is 1. The first-order chi connectivity index (χ1) is 18.2. The van der Waals surface area contributed by atoms with Crippen LogP contribution in [0.25, 0.3) is 10.9 Å². The zero-order chi connectivity index (χ0) is 25.2. The molecule has 1 aliphatic carbocycles. The zero-order valence-corrected chi connectivity index (χ0v) is 21.3. The van der Waals surface area contributed by atoms with Crippen molar-refractivity contribution in [3.05, 3.63) is 90.1 Å². The van der Waals surface area contributed by atoms with Crippen LogP contribution >= 0.6 is 0 Å². The lowest BCUT2D eigenvalue weighted by atomic mass is 10.1. The van der Waals surface area contributed by atoms with Gasteiger partial charge in [0.05, 0.1) is 7.11 Å². The zero-order valence-electron chi connectivity index (χ0n) is 21.3. The fourth-order valence-corrected chi connectivity index (χ4v) is 5.55. The van der Waals surface area contributed by atoms with Crippen molar-refractivity contribution in [1.82, 2.24) is 9.88 Å². The molecule has 2 atom stereocenters. The molecule has 1 amide bonds. The van der Waals surface area contributed by atoms with Crippen LogP contribution in [-0.4, -0.2) is 55.6 Å². The van der Waals surface area contributed by atoms with Crippen LogP contribution in [0.4, 0.5) is 11.4 Å². The number of hydrogen-bond acceptors (Lipinski definition) is 4. The summed E-state index contributed by atoms with van der Waals surface area (Å²) in [5.74, 6) is 1.44. The third-order valence-electron chi connectivity index (χ3n) is 7.90. The number of fused-ring (bicyclic) bond motifs is 1. The lowest BCUT2D eigenvalue weighted by molar-refractivity contribution is -0.117. The Labute approximate surface area is 218 Å². The van der Waals surface area contributed by atoms with E-state index in [4.69, 9.17) is 4.74 Å². The highest BCUT2D eigenvalue weighted by Gasteiger charge is 2.43. The third-order valence-corrected chi connectivity index (χ3v) is 7.90. The highest BCUT2D eigenvalue weighted by Crippen LogP contribution is 2.48. The number of carbonyl (C=O) groups excluding carboxylic acids is 1. The predicted octanol–water partition coefficient (Wildman–Crippen LogP) is 5.28. The van der Waals surface area contributed by atoms with Crippen LogP contribution in [0, 0.1) is 5.92 Å². The Morgan fingerprint density at radius 2 is 1.78 bits per heavy atom. The van der Waals surface area contributed by atoms with Gasteiger partial charge in [-0.2, -0.15) is 0 Å². The van der Waals surface area contributed by atoms with Crippen molar-refractivity contribution in [3.63, 3.8) is 0 Å². The second-order valence-electron chi connectivity index (χ2n) is 10.2. The summed E-state index contributed by atoms with van der Waals surface area (Å²) >= 11 is 0. The number of nitrogens with one attached hydrogen (secondary N) is 2. The summed E-state index contributed by atoms with van der Waals surface area (Å²) in [4.78, 5) is 21.3. The summed E-state index contributed by atoms with van der Waals surface area (Å²) < 4.78 is 5.28. The van der Waals surface area contributed by atoms with Gasteiger partial charge in [0.15, 0.2) is 0 Å². The fraction of sp³-hybridized carbons (Fsp3) is 0.323. The summed E-state index contributed by atoms with van der Waals surface area (Å²) in [7, 11) is 1.70. The second-order valence-corrected chi connectivity index (χ2v) is 10.2. The largest absolute Gasteiger partial charge is 0.497 e. The van der Waals surface area contributed by atoms with Gasteiger partial charge in [-0.25, -0.2) is 0 Å². The molecule has 190 valence electrons. The molecule has 6 heteroatoms. The van der Waals surface area contributed by atoms with Crippen LogP contribution in [0.15, 0.2) is 79.0 Å². The van der Waals surface area contributed by atoms with Crippen molar-refractivity contribution in [2.45, 2.75) is 18.8 Å². The van der Waals surface area contributed by atoms with Gasteiger partial charge in [0, 0.05) is 67.1 Å². The normalized spacial score (nSPS) is 19.6. The smallest absolute Gasteiger partial charge is 0.228 e. The van der Waals surface area contributed by atoms with Gasteiger partial charge in [-0.05, 0) is 72.4 Å². The van der Waals surface area contributed by atoms with Gasteiger partial charge in [-0.1, -0.05) is 30.3 Å². The predicted molar refractivity (Wildman–Crippen MR) is 150 cm³/mol. The van der Waals surface area contributed by atoms with Gasteiger partial charge in [0.2, 0.25) is 5.91 Å². The second kappa shape index (κ2) is 10.3. The van der Waals surface area contributed by atoms with Gasteiger partial charge in [-0.15, -0.1) is 0 Å². The first-order valence-electron chi connectivity index (χ1n) is 13.2. The minimum absolute atomic E-state index is 0.0698. The topological polar surface area (TPSA) is 60.6 Å². The summed E-state index contributed by atoms with van der Waals surface area (Å²) in [6.45, 7) is 5.20. The number of hydrogen-bond donors (Lipinski definition) is 2. The quantitative estimate of drug-likeness (QED) is 0.350. The maximum absolute atomic E-state index is 12.9. The molecule has 1 aliphatic heterocycles. The molecule has 0 bridgehead atoms. The minimum Gasteiger partial charge on any atom is -0.497 e. The fourth-order valence-electron chi connectivity index (χ4n) is 5.55. The molecule has 0 radical (unpaired) electrons. The summed E-state index contributed by atoms with van der Waals surface area (Å²) in [6.07, 6.45) is 4.04. The van der Waals surface area contributed by atoms with E-state index in [9.17, 15) is 4.79 Å². The molecule has 0 spiro atoms. The molecule has 2 heterocycles. The molecule has 2 aliphatic rings. The van der Waals surface area contributed by atoms with Crippen molar-refractivity contribution in [3.8, 4) is 5.75 Å². The van der Waals surface area contributed by atoms with E-state index in [0.717, 1.165) is 62.5 Å². The molecule has 2 fully saturated rings.